The van der Waals surface area contributed by atoms with E-state index < -0.39 is 15.8 Å². The van der Waals surface area contributed by atoms with E-state index in [0.717, 1.165) is 10.8 Å². The molecule has 6 heteroatoms. The van der Waals surface area contributed by atoms with Crippen LogP contribution in [0.4, 0.5) is 4.39 Å². The van der Waals surface area contributed by atoms with Gasteiger partial charge in [0.2, 0.25) is 10.0 Å². The van der Waals surface area contributed by atoms with E-state index in [9.17, 15) is 12.8 Å². The van der Waals surface area contributed by atoms with Crippen molar-refractivity contribution >= 4 is 32.6 Å². The van der Waals surface area contributed by atoms with Crippen LogP contribution in [0, 0.1) is 19.7 Å². The molecule has 0 amide bonds. The number of alkyl halides is 1. The second kappa shape index (κ2) is 6.10. The summed E-state index contributed by atoms with van der Waals surface area (Å²) in [5.74, 6) is -0.411. The van der Waals surface area contributed by atoms with Gasteiger partial charge in [-0.3, -0.25) is 0 Å². The summed E-state index contributed by atoms with van der Waals surface area (Å²) >= 11 is 2.19. The summed E-state index contributed by atoms with van der Waals surface area (Å²) in [6.45, 7) is 3.60. The number of hydrogen-bond acceptors (Lipinski definition) is 2. The molecule has 0 fully saturated rings. The van der Waals surface area contributed by atoms with Crippen molar-refractivity contribution in [1.82, 2.24) is 4.72 Å². The van der Waals surface area contributed by atoms with Crippen molar-refractivity contribution in [3.63, 3.8) is 0 Å². The van der Waals surface area contributed by atoms with Crippen LogP contribution in [0.3, 0.4) is 0 Å². The van der Waals surface area contributed by atoms with Crippen molar-refractivity contribution in [3.05, 3.63) is 29.1 Å². The molecule has 1 rings (SSSR count). The molecule has 0 aliphatic heterocycles. The fourth-order valence-electron chi connectivity index (χ4n) is 1.67. The van der Waals surface area contributed by atoms with Crippen LogP contribution in [-0.4, -0.2) is 19.4 Å². The van der Waals surface area contributed by atoms with Gasteiger partial charge in [-0.15, -0.1) is 0 Å². The van der Waals surface area contributed by atoms with Crippen molar-refractivity contribution in [2.75, 3.05) is 11.0 Å². The van der Waals surface area contributed by atoms with Gasteiger partial charge in [0.1, 0.15) is 5.82 Å². The average molecular weight is 371 g/mol. The lowest BCUT2D eigenvalue weighted by Crippen LogP contribution is -2.26. The van der Waals surface area contributed by atoms with Gasteiger partial charge < -0.3 is 0 Å². The summed E-state index contributed by atoms with van der Waals surface area (Å²) in [7, 11) is -3.53. The predicted octanol–water partition coefficient (Wildman–Crippen LogP) is 2.55. The number of halogens is 2. The van der Waals surface area contributed by atoms with Gasteiger partial charge in [0.15, 0.2) is 0 Å². The first-order valence-corrected chi connectivity index (χ1v) is 8.21. The van der Waals surface area contributed by atoms with Crippen LogP contribution >= 0.6 is 22.6 Å². The van der Waals surface area contributed by atoms with Gasteiger partial charge in [-0.2, -0.15) is 0 Å². The number of benzene rings is 1. The van der Waals surface area contributed by atoms with Crippen molar-refractivity contribution in [3.8, 4) is 0 Å². The van der Waals surface area contributed by atoms with Gasteiger partial charge in [-0.1, -0.05) is 22.6 Å². The lowest BCUT2D eigenvalue weighted by atomic mass is 10.1. The third-order valence-electron chi connectivity index (χ3n) is 2.30. The zero-order valence-electron chi connectivity index (χ0n) is 9.76. The molecule has 0 radical (unpaired) electrons. The Morgan fingerprint density at radius 2 is 1.82 bits per heavy atom. The summed E-state index contributed by atoms with van der Waals surface area (Å²) in [4.78, 5) is 0.187. The average Bonchev–Trinajstić information content (AvgIpc) is 2.15. The van der Waals surface area contributed by atoms with Crippen molar-refractivity contribution < 1.29 is 12.8 Å². The molecule has 1 aromatic carbocycles. The standard InChI is InChI=1S/C11H15FINO2S/c1-8-6-10(12)7-9(2)11(8)17(15,16)14-5-3-4-13/h6-7,14H,3-5H2,1-2H3. The molecule has 0 heterocycles. The Bertz CT molecular complexity index is 479. The third kappa shape index (κ3) is 3.89. The highest BCUT2D eigenvalue weighted by Crippen LogP contribution is 2.21. The van der Waals surface area contributed by atoms with E-state index in [2.05, 4.69) is 27.3 Å². The van der Waals surface area contributed by atoms with Crippen LogP contribution in [0.15, 0.2) is 17.0 Å². The smallest absolute Gasteiger partial charge is 0.211 e. The minimum absolute atomic E-state index is 0.187. The number of sulfonamides is 1. The van der Waals surface area contributed by atoms with E-state index >= 15 is 0 Å². The van der Waals surface area contributed by atoms with Gasteiger partial charge in [-0.05, 0) is 43.5 Å². The first kappa shape index (κ1) is 14.8. The Balaban J connectivity index is 3.07. The minimum Gasteiger partial charge on any atom is -0.211 e. The number of nitrogens with one attached hydrogen (secondary N) is 1. The van der Waals surface area contributed by atoms with Crippen LogP contribution in [0.5, 0.6) is 0 Å². The summed E-state index contributed by atoms with van der Waals surface area (Å²) in [6, 6.07) is 2.47. The summed E-state index contributed by atoms with van der Waals surface area (Å²) in [5.41, 5.74) is 0.869. The Morgan fingerprint density at radius 3 is 2.29 bits per heavy atom. The van der Waals surface area contributed by atoms with Crippen molar-refractivity contribution in [1.29, 1.82) is 0 Å². The molecule has 0 atom stereocenters. The van der Waals surface area contributed by atoms with E-state index in [1.807, 2.05) is 0 Å². The maximum absolute atomic E-state index is 13.1. The highest BCUT2D eigenvalue weighted by atomic mass is 127. The molecule has 0 saturated heterocycles. The summed E-state index contributed by atoms with van der Waals surface area (Å²) in [5, 5.41) is 0. The molecule has 0 spiro atoms. The van der Waals surface area contributed by atoms with Gasteiger partial charge in [0, 0.05) is 11.0 Å². The van der Waals surface area contributed by atoms with E-state index in [-0.39, 0.29) is 4.90 Å². The maximum atomic E-state index is 13.1. The quantitative estimate of drug-likeness (QED) is 0.491. The Labute approximate surface area is 115 Å². The largest absolute Gasteiger partial charge is 0.241 e. The SMILES string of the molecule is Cc1cc(F)cc(C)c1S(=O)(=O)NCCCI. The predicted molar refractivity (Wildman–Crippen MR) is 74.6 cm³/mol. The monoisotopic (exact) mass is 371 g/mol. The Kier molecular flexibility index (Phi) is 5.33. The molecule has 1 N–H and O–H groups in total. The summed E-state index contributed by atoms with van der Waals surface area (Å²) < 4.78 is 40.5. The lowest BCUT2D eigenvalue weighted by molar-refractivity contribution is 0.578. The Hall–Kier alpha value is -0.210. The third-order valence-corrected chi connectivity index (χ3v) is 4.82. The first-order chi connectivity index (χ1) is 7.88. The van der Waals surface area contributed by atoms with Crippen LogP contribution < -0.4 is 4.72 Å². The topological polar surface area (TPSA) is 46.2 Å². The second-order valence-electron chi connectivity index (χ2n) is 3.81. The second-order valence-corrected chi connectivity index (χ2v) is 6.59. The molecule has 3 nitrogen and oxygen atoms in total. The molecule has 0 bridgehead atoms. The van der Waals surface area contributed by atoms with Gasteiger partial charge in [0.25, 0.3) is 0 Å². The van der Waals surface area contributed by atoms with Gasteiger partial charge >= 0.3 is 0 Å². The molecule has 0 aliphatic carbocycles. The molecular formula is C11H15FINO2S. The van der Waals surface area contributed by atoms with Crippen molar-refractivity contribution in [2.24, 2.45) is 0 Å². The number of hydrogen-bond donors (Lipinski definition) is 1. The van der Waals surface area contributed by atoms with E-state index in [1.165, 1.54) is 12.1 Å². The summed E-state index contributed by atoms with van der Waals surface area (Å²) in [6.07, 6.45) is 0.777. The van der Waals surface area contributed by atoms with Crippen molar-refractivity contribution in [2.45, 2.75) is 25.2 Å². The minimum atomic E-state index is -3.53. The molecule has 1 aromatic rings. The first-order valence-electron chi connectivity index (χ1n) is 5.21. The number of aryl methyl sites for hydroxylation is 2. The number of rotatable bonds is 5. The van der Waals surface area contributed by atoms with Crippen LogP contribution in [0.2, 0.25) is 0 Å². The molecule has 0 aromatic heterocycles. The van der Waals surface area contributed by atoms with E-state index in [4.69, 9.17) is 0 Å². The van der Waals surface area contributed by atoms with Gasteiger partial charge in [0.05, 0.1) is 4.90 Å². The fraction of sp³-hybridized carbons (Fsp3) is 0.455. The molecule has 96 valence electrons. The van der Waals surface area contributed by atoms with Crippen LogP contribution in [0.1, 0.15) is 17.5 Å². The molecule has 0 aliphatic rings. The lowest BCUT2D eigenvalue weighted by Gasteiger charge is -2.11. The molecule has 0 saturated carbocycles. The molecule has 0 unspecified atom stereocenters. The zero-order chi connectivity index (χ0) is 13.1. The van der Waals surface area contributed by atoms with E-state index in [1.54, 1.807) is 13.8 Å². The highest BCUT2D eigenvalue weighted by molar-refractivity contribution is 14.1. The normalized spacial score (nSPS) is 11.8. The van der Waals surface area contributed by atoms with Crippen LogP contribution in [-0.2, 0) is 10.0 Å². The molecule has 17 heavy (non-hydrogen) atoms. The highest BCUT2D eigenvalue weighted by Gasteiger charge is 2.19. The molecular weight excluding hydrogens is 356 g/mol. The van der Waals surface area contributed by atoms with Gasteiger partial charge in [-0.25, -0.2) is 17.5 Å². The van der Waals surface area contributed by atoms with E-state index in [0.29, 0.717) is 17.7 Å². The maximum Gasteiger partial charge on any atom is 0.241 e. The van der Waals surface area contributed by atoms with Crippen LogP contribution in [0.25, 0.3) is 0 Å². The Morgan fingerprint density at radius 1 is 1.29 bits per heavy atom. The zero-order valence-corrected chi connectivity index (χ0v) is 12.7. The fourth-order valence-corrected chi connectivity index (χ4v) is 3.57.